The number of nitrogens with zero attached hydrogens (tertiary/aromatic N) is 2. The van der Waals surface area contributed by atoms with Crippen LogP contribution in [-0.2, 0) is 14.8 Å². The van der Waals surface area contributed by atoms with Crippen LogP contribution in [0, 0.1) is 11.8 Å². The van der Waals surface area contributed by atoms with Gasteiger partial charge in [-0.15, -0.1) is 0 Å². The molecule has 6 heteroatoms. The minimum Gasteiger partial charge on any atom is -0.342 e. The van der Waals surface area contributed by atoms with Crippen LogP contribution in [0.3, 0.4) is 0 Å². The molecule has 5 nitrogen and oxygen atoms in total. The summed E-state index contributed by atoms with van der Waals surface area (Å²) in [6.45, 7) is 3.62. The molecule has 1 saturated carbocycles. The molecule has 24 heavy (non-hydrogen) atoms. The molecule has 0 radical (unpaired) electrons. The molecule has 1 heterocycles. The SMILES string of the molecule is CCCCC1CCC(C(=O)N2CCC(N(C)S(C)(=O)=O)CC2)CC1. The lowest BCUT2D eigenvalue weighted by molar-refractivity contribution is -0.138. The summed E-state index contributed by atoms with van der Waals surface area (Å²) < 4.78 is 24.8. The fourth-order valence-electron chi connectivity index (χ4n) is 4.17. The van der Waals surface area contributed by atoms with Crippen molar-refractivity contribution in [1.82, 2.24) is 9.21 Å². The molecule has 0 atom stereocenters. The number of likely N-dealkylation sites (tertiary alicyclic amines) is 1. The number of piperidine rings is 1. The second-order valence-electron chi connectivity index (χ2n) is 7.70. The van der Waals surface area contributed by atoms with E-state index in [0.29, 0.717) is 19.0 Å². The summed E-state index contributed by atoms with van der Waals surface area (Å²) in [6.07, 6.45) is 11.1. The van der Waals surface area contributed by atoms with E-state index >= 15 is 0 Å². The van der Waals surface area contributed by atoms with Crippen LogP contribution in [0.25, 0.3) is 0 Å². The number of carbonyl (C=O) groups is 1. The van der Waals surface area contributed by atoms with Crippen LogP contribution < -0.4 is 0 Å². The molecule has 2 aliphatic rings. The first-order valence-corrected chi connectivity index (χ1v) is 11.4. The van der Waals surface area contributed by atoms with Gasteiger partial charge in [0.25, 0.3) is 0 Å². The standard InChI is InChI=1S/C18H34N2O3S/c1-4-5-6-15-7-9-16(10-8-15)18(21)20-13-11-17(12-14-20)19(2)24(3,22)23/h15-17H,4-14H2,1-3H3. The van der Waals surface area contributed by atoms with Crippen molar-refractivity contribution in [3.8, 4) is 0 Å². The van der Waals surface area contributed by atoms with Crippen LogP contribution in [-0.4, -0.2) is 56.0 Å². The Morgan fingerprint density at radius 1 is 1.08 bits per heavy atom. The summed E-state index contributed by atoms with van der Waals surface area (Å²) >= 11 is 0. The molecule has 1 amide bonds. The van der Waals surface area contributed by atoms with E-state index in [1.54, 1.807) is 7.05 Å². The molecular formula is C18H34N2O3S. The molecule has 0 spiro atoms. The van der Waals surface area contributed by atoms with Crippen molar-refractivity contribution in [1.29, 1.82) is 0 Å². The van der Waals surface area contributed by atoms with Crippen molar-refractivity contribution in [2.24, 2.45) is 11.8 Å². The predicted molar refractivity (Wildman–Crippen MR) is 97.2 cm³/mol. The first-order valence-electron chi connectivity index (χ1n) is 9.54. The minimum absolute atomic E-state index is 0.0360. The van der Waals surface area contributed by atoms with Crippen LogP contribution >= 0.6 is 0 Å². The molecule has 2 rings (SSSR count). The van der Waals surface area contributed by atoms with Gasteiger partial charge in [0, 0.05) is 32.1 Å². The van der Waals surface area contributed by atoms with E-state index in [9.17, 15) is 13.2 Å². The van der Waals surface area contributed by atoms with Gasteiger partial charge in [0.1, 0.15) is 0 Å². The van der Waals surface area contributed by atoms with Crippen molar-refractivity contribution in [3.05, 3.63) is 0 Å². The highest BCUT2D eigenvalue weighted by molar-refractivity contribution is 7.88. The van der Waals surface area contributed by atoms with E-state index < -0.39 is 10.0 Å². The van der Waals surface area contributed by atoms with E-state index in [0.717, 1.165) is 31.6 Å². The third-order valence-corrected chi connectivity index (χ3v) is 7.32. The number of unbranched alkanes of at least 4 members (excludes halogenated alkanes) is 1. The lowest BCUT2D eigenvalue weighted by Gasteiger charge is -2.38. The molecule has 0 unspecified atom stereocenters. The average Bonchev–Trinajstić information content (AvgIpc) is 2.58. The predicted octanol–water partition coefficient (Wildman–Crippen LogP) is 2.87. The van der Waals surface area contributed by atoms with Crippen molar-refractivity contribution < 1.29 is 13.2 Å². The molecule has 140 valence electrons. The molecule has 2 fully saturated rings. The van der Waals surface area contributed by atoms with Gasteiger partial charge < -0.3 is 4.90 Å². The molecule has 0 aromatic heterocycles. The maximum atomic E-state index is 12.7. The van der Waals surface area contributed by atoms with Gasteiger partial charge in [-0.2, -0.15) is 0 Å². The van der Waals surface area contributed by atoms with E-state index in [1.165, 1.54) is 42.7 Å². The number of rotatable bonds is 6. The quantitative estimate of drug-likeness (QED) is 0.733. The first kappa shape index (κ1) is 19.7. The van der Waals surface area contributed by atoms with Crippen LogP contribution in [0.1, 0.15) is 64.7 Å². The zero-order chi connectivity index (χ0) is 17.7. The third-order valence-electron chi connectivity index (χ3n) is 5.98. The molecule has 0 aromatic rings. The van der Waals surface area contributed by atoms with Crippen LogP contribution in [0.4, 0.5) is 0 Å². The highest BCUT2D eigenvalue weighted by atomic mass is 32.2. The average molecular weight is 359 g/mol. The lowest BCUT2D eigenvalue weighted by Crippen LogP contribution is -2.48. The van der Waals surface area contributed by atoms with Crippen molar-refractivity contribution in [3.63, 3.8) is 0 Å². The summed E-state index contributed by atoms with van der Waals surface area (Å²) in [5.41, 5.74) is 0. The van der Waals surface area contributed by atoms with Gasteiger partial charge in [0.15, 0.2) is 0 Å². The fourth-order valence-corrected chi connectivity index (χ4v) is 4.92. The van der Waals surface area contributed by atoms with Crippen LogP contribution in [0.15, 0.2) is 0 Å². The van der Waals surface area contributed by atoms with E-state index in [-0.39, 0.29) is 12.0 Å². The maximum absolute atomic E-state index is 12.7. The molecule has 0 bridgehead atoms. The van der Waals surface area contributed by atoms with Crippen LogP contribution in [0.5, 0.6) is 0 Å². The number of sulfonamides is 1. The van der Waals surface area contributed by atoms with Gasteiger partial charge in [-0.05, 0) is 44.4 Å². The Bertz CT molecular complexity index is 504. The van der Waals surface area contributed by atoms with E-state index in [2.05, 4.69) is 6.92 Å². The molecule has 0 N–H and O–H groups in total. The topological polar surface area (TPSA) is 57.7 Å². The smallest absolute Gasteiger partial charge is 0.225 e. The summed E-state index contributed by atoms with van der Waals surface area (Å²) in [6, 6.07) is 0.0360. The van der Waals surface area contributed by atoms with Crippen LogP contribution in [0.2, 0.25) is 0 Å². The Hall–Kier alpha value is -0.620. The van der Waals surface area contributed by atoms with Gasteiger partial charge >= 0.3 is 0 Å². The Labute approximate surface area is 147 Å². The number of amides is 1. The highest BCUT2D eigenvalue weighted by Gasteiger charge is 2.33. The number of carbonyl (C=O) groups excluding carboxylic acids is 1. The lowest BCUT2D eigenvalue weighted by atomic mass is 9.79. The molecule has 1 aliphatic heterocycles. The second kappa shape index (κ2) is 8.65. The van der Waals surface area contributed by atoms with Gasteiger partial charge in [0.2, 0.25) is 15.9 Å². The summed E-state index contributed by atoms with van der Waals surface area (Å²) in [5.74, 6) is 1.33. The van der Waals surface area contributed by atoms with Gasteiger partial charge in [0.05, 0.1) is 6.26 Å². The Morgan fingerprint density at radius 3 is 2.17 bits per heavy atom. The van der Waals surface area contributed by atoms with E-state index in [4.69, 9.17) is 0 Å². The first-order chi connectivity index (χ1) is 11.3. The van der Waals surface area contributed by atoms with Gasteiger partial charge in [-0.1, -0.05) is 26.2 Å². The molecule has 0 aromatic carbocycles. The zero-order valence-corrected chi connectivity index (χ0v) is 16.4. The monoisotopic (exact) mass is 358 g/mol. The number of hydrogen-bond acceptors (Lipinski definition) is 3. The van der Waals surface area contributed by atoms with Crippen molar-refractivity contribution in [2.45, 2.75) is 70.8 Å². The summed E-state index contributed by atoms with van der Waals surface area (Å²) in [7, 11) is -1.50. The summed E-state index contributed by atoms with van der Waals surface area (Å²) in [5, 5.41) is 0. The maximum Gasteiger partial charge on any atom is 0.225 e. The second-order valence-corrected chi connectivity index (χ2v) is 9.74. The Balaban J connectivity index is 1.77. The summed E-state index contributed by atoms with van der Waals surface area (Å²) in [4.78, 5) is 14.7. The third kappa shape index (κ3) is 5.19. The largest absolute Gasteiger partial charge is 0.342 e. The van der Waals surface area contributed by atoms with Crippen molar-refractivity contribution in [2.75, 3.05) is 26.4 Å². The van der Waals surface area contributed by atoms with Gasteiger partial charge in [-0.25, -0.2) is 12.7 Å². The minimum atomic E-state index is -3.14. The normalized spacial score (nSPS) is 26.8. The Morgan fingerprint density at radius 2 is 1.67 bits per heavy atom. The van der Waals surface area contributed by atoms with Crippen molar-refractivity contribution >= 4 is 15.9 Å². The highest BCUT2D eigenvalue weighted by Crippen LogP contribution is 2.33. The molecular weight excluding hydrogens is 324 g/mol. The zero-order valence-electron chi connectivity index (χ0n) is 15.5. The number of hydrogen-bond donors (Lipinski definition) is 0. The molecule has 1 aliphatic carbocycles. The van der Waals surface area contributed by atoms with E-state index in [1.807, 2.05) is 4.90 Å². The molecule has 1 saturated heterocycles. The fraction of sp³-hybridized carbons (Fsp3) is 0.944. The Kier molecular flexibility index (Phi) is 7.10. The van der Waals surface area contributed by atoms with Gasteiger partial charge in [-0.3, -0.25) is 4.79 Å².